The van der Waals surface area contributed by atoms with E-state index in [1.165, 1.54) is 4.90 Å². The topological polar surface area (TPSA) is 114 Å². The largest absolute Gasteiger partial charge is 0.458 e. The van der Waals surface area contributed by atoms with Crippen molar-refractivity contribution in [1.82, 2.24) is 15.5 Å². The van der Waals surface area contributed by atoms with Gasteiger partial charge in [0.05, 0.1) is 0 Å². The van der Waals surface area contributed by atoms with Crippen molar-refractivity contribution in [3.63, 3.8) is 0 Å². The Morgan fingerprint density at radius 1 is 0.809 bits per heavy atom. The van der Waals surface area contributed by atoms with E-state index in [0.717, 1.165) is 36.0 Å². The fourth-order valence-corrected chi connectivity index (χ4v) is 5.23. The molecule has 0 spiro atoms. The summed E-state index contributed by atoms with van der Waals surface area (Å²) in [7, 11) is 0. The third-order valence-corrected chi connectivity index (χ3v) is 7.77. The van der Waals surface area contributed by atoms with Gasteiger partial charge in [0.15, 0.2) is 0 Å². The number of aryl methyl sites for hydroxylation is 2. The second-order valence-electron chi connectivity index (χ2n) is 14.0. The van der Waals surface area contributed by atoms with Crippen LogP contribution in [0.1, 0.15) is 102 Å². The van der Waals surface area contributed by atoms with Crippen molar-refractivity contribution in [3.8, 4) is 0 Å². The fourth-order valence-electron chi connectivity index (χ4n) is 4.99. The van der Waals surface area contributed by atoms with Crippen LogP contribution in [0, 0.1) is 13.8 Å². The molecule has 0 aliphatic carbocycles. The molecule has 9 nitrogen and oxygen atoms in total. The van der Waals surface area contributed by atoms with Gasteiger partial charge in [0.2, 0.25) is 11.8 Å². The molecule has 2 aromatic rings. The second kappa shape index (κ2) is 18.1. The Morgan fingerprint density at radius 2 is 1.45 bits per heavy atom. The highest BCUT2D eigenvalue weighted by molar-refractivity contribution is 7.80. The summed E-state index contributed by atoms with van der Waals surface area (Å²) in [5.74, 6) is -1.59. The summed E-state index contributed by atoms with van der Waals surface area (Å²) in [4.78, 5) is 56.6. The van der Waals surface area contributed by atoms with E-state index in [0.29, 0.717) is 12.0 Å². The lowest BCUT2D eigenvalue weighted by atomic mass is 9.97. The molecule has 0 heterocycles. The zero-order chi connectivity index (χ0) is 35.4. The lowest BCUT2D eigenvalue weighted by Crippen LogP contribution is -2.55. The normalized spacial score (nSPS) is 13.6. The van der Waals surface area contributed by atoms with Crippen LogP contribution in [-0.4, -0.2) is 64.4 Å². The van der Waals surface area contributed by atoms with Gasteiger partial charge in [-0.1, -0.05) is 74.7 Å². The lowest BCUT2D eigenvalue weighted by Gasteiger charge is -2.35. The van der Waals surface area contributed by atoms with Crippen molar-refractivity contribution in [1.29, 1.82) is 0 Å². The highest BCUT2D eigenvalue weighted by Crippen LogP contribution is 2.27. The Kier molecular flexibility index (Phi) is 15.3. The van der Waals surface area contributed by atoms with Crippen molar-refractivity contribution in [2.24, 2.45) is 0 Å². The van der Waals surface area contributed by atoms with E-state index in [9.17, 15) is 19.2 Å². The summed E-state index contributed by atoms with van der Waals surface area (Å²) in [5, 5.41) is 5.60. The first-order chi connectivity index (χ1) is 22.0. The van der Waals surface area contributed by atoms with Gasteiger partial charge in [0.25, 0.3) is 0 Å². The second-order valence-corrected chi connectivity index (χ2v) is 14.4. The van der Waals surface area contributed by atoms with Crippen LogP contribution in [0.3, 0.4) is 0 Å². The Bertz CT molecular complexity index is 1340. The maximum atomic E-state index is 14.5. The van der Waals surface area contributed by atoms with Crippen LogP contribution in [0.2, 0.25) is 0 Å². The number of benzene rings is 2. The van der Waals surface area contributed by atoms with Gasteiger partial charge in [0, 0.05) is 18.7 Å². The van der Waals surface area contributed by atoms with Gasteiger partial charge in [-0.2, -0.15) is 12.6 Å². The number of rotatable bonds is 15. The van der Waals surface area contributed by atoms with E-state index in [2.05, 4.69) is 30.2 Å². The number of nitrogens with one attached hydrogen (secondary N) is 2. The number of unbranched alkanes of at least 4 members (excludes halogenated alkanes) is 3. The molecule has 0 fully saturated rings. The van der Waals surface area contributed by atoms with Crippen molar-refractivity contribution < 1.29 is 28.7 Å². The fraction of sp³-hybridized carbons (Fsp3) is 0.568. The van der Waals surface area contributed by atoms with Crippen LogP contribution >= 0.6 is 12.6 Å². The van der Waals surface area contributed by atoms with Crippen molar-refractivity contribution in [2.75, 3.05) is 12.3 Å². The SMILES string of the molecule is CCCCCCN(C(=O)C(CS)NC(=O)OC(C)(C)C)C(C(=O)NC(Cc1ccccc1)C(=O)OC(C)(C)C)c1ccc(C)c(C)c1. The minimum Gasteiger partial charge on any atom is -0.458 e. The van der Waals surface area contributed by atoms with Gasteiger partial charge in [0.1, 0.15) is 29.3 Å². The molecule has 0 aliphatic heterocycles. The molecule has 3 atom stereocenters. The summed E-state index contributed by atoms with van der Waals surface area (Å²) in [6.45, 7) is 16.8. The first-order valence-corrected chi connectivity index (χ1v) is 17.1. The van der Waals surface area contributed by atoms with Crippen LogP contribution in [-0.2, 0) is 30.3 Å². The van der Waals surface area contributed by atoms with Gasteiger partial charge in [-0.25, -0.2) is 9.59 Å². The maximum Gasteiger partial charge on any atom is 0.408 e. The van der Waals surface area contributed by atoms with Crippen LogP contribution in [0.15, 0.2) is 48.5 Å². The molecular weight excluding hydrogens is 614 g/mol. The van der Waals surface area contributed by atoms with Crippen molar-refractivity contribution >= 4 is 36.5 Å². The summed E-state index contributed by atoms with van der Waals surface area (Å²) in [6.07, 6.45) is 2.89. The van der Waals surface area contributed by atoms with E-state index < -0.39 is 53.2 Å². The maximum absolute atomic E-state index is 14.5. The molecule has 10 heteroatoms. The van der Waals surface area contributed by atoms with E-state index in [1.807, 2.05) is 62.4 Å². The number of esters is 1. The zero-order valence-electron chi connectivity index (χ0n) is 29.6. The van der Waals surface area contributed by atoms with Gasteiger partial charge in [-0.05, 0) is 84.1 Å². The third kappa shape index (κ3) is 13.6. The highest BCUT2D eigenvalue weighted by Gasteiger charge is 2.38. The van der Waals surface area contributed by atoms with Gasteiger partial charge in [-0.15, -0.1) is 0 Å². The molecule has 2 aromatic carbocycles. The van der Waals surface area contributed by atoms with Crippen LogP contribution < -0.4 is 10.6 Å². The first kappa shape index (κ1) is 39.6. The number of ether oxygens (including phenoxy) is 2. The molecule has 47 heavy (non-hydrogen) atoms. The lowest BCUT2D eigenvalue weighted by molar-refractivity contribution is -0.159. The quantitative estimate of drug-likeness (QED) is 0.111. The molecule has 3 amide bonds. The summed E-state index contributed by atoms with van der Waals surface area (Å²) in [5.41, 5.74) is 1.86. The number of alkyl carbamates (subject to hydrolysis) is 1. The Labute approximate surface area is 286 Å². The zero-order valence-corrected chi connectivity index (χ0v) is 30.5. The minimum atomic E-state index is -1.10. The predicted octanol–water partition coefficient (Wildman–Crippen LogP) is 6.65. The molecule has 2 rings (SSSR count). The number of hydrogen-bond donors (Lipinski definition) is 3. The molecular formula is C37H55N3O6S. The first-order valence-electron chi connectivity index (χ1n) is 16.5. The number of thiol groups is 1. The average Bonchev–Trinajstić information content (AvgIpc) is 2.97. The number of amides is 3. The molecule has 0 saturated heterocycles. The number of carbonyl (C=O) groups excluding carboxylic acids is 4. The number of nitrogens with zero attached hydrogens (tertiary/aromatic N) is 1. The van der Waals surface area contributed by atoms with E-state index in [4.69, 9.17) is 9.47 Å². The van der Waals surface area contributed by atoms with Crippen LogP contribution in [0.4, 0.5) is 4.79 Å². The Morgan fingerprint density at radius 3 is 2.00 bits per heavy atom. The number of hydrogen-bond acceptors (Lipinski definition) is 7. The number of carbonyl (C=O) groups is 4. The average molecular weight is 670 g/mol. The van der Waals surface area contributed by atoms with E-state index >= 15 is 0 Å². The minimum absolute atomic E-state index is 0.0145. The van der Waals surface area contributed by atoms with Crippen LogP contribution in [0.25, 0.3) is 0 Å². The third-order valence-electron chi connectivity index (χ3n) is 7.40. The van der Waals surface area contributed by atoms with Crippen molar-refractivity contribution in [2.45, 2.75) is 124 Å². The smallest absolute Gasteiger partial charge is 0.408 e. The van der Waals surface area contributed by atoms with E-state index in [1.54, 1.807) is 41.5 Å². The van der Waals surface area contributed by atoms with Gasteiger partial charge < -0.3 is 25.0 Å². The Hall–Kier alpha value is -3.53. The van der Waals surface area contributed by atoms with Gasteiger partial charge >= 0.3 is 12.1 Å². The predicted molar refractivity (Wildman–Crippen MR) is 189 cm³/mol. The monoisotopic (exact) mass is 669 g/mol. The molecule has 2 N–H and O–H groups in total. The molecule has 0 bridgehead atoms. The summed E-state index contributed by atoms with van der Waals surface area (Å²) in [6, 6.07) is 11.8. The molecule has 3 unspecified atom stereocenters. The Balaban J connectivity index is 2.61. The highest BCUT2D eigenvalue weighted by atomic mass is 32.1. The molecule has 0 aliphatic rings. The summed E-state index contributed by atoms with van der Waals surface area (Å²) < 4.78 is 11.2. The summed E-state index contributed by atoms with van der Waals surface area (Å²) >= 11 is 4.40. The molecule has 0 saturated carbocycles. The standard InChI is InChI=1S/C37H55N3O6S/c1-10-11-12-16-21-40(33(42)30(24-47)39-35(44)46-37(7,8)9)31(28-20-19-25(2)26(3)22-28)32(41)38-29(34(43)45-36(4,5)6)23-27-17-14-13-15-18-27/h13-15,17-20,22,29-31,47H,10-12,16,21,23-24H2,1-9H3,(H,38,41)(H,39,44). The van der Waals surface area contributed by atoms with Crippen molar-refractivity contribution in [3.05, 3.63) is 70.8 Å². The molecule has 260 valence electrons. The van der Waals surface area contributed by atoms with Gasteiger partial charge in [-0.3, -0.25) is 9.59 Å². The van der Waals surface area contributed by atoms with E-state index in [-0.39, 0.29) is 18.7 Å². The molecule has 0 aromatic heterocycles. The molecule has 0 radical (unpaired) electrons. The van der Waals surface area contributed by atoms with Crippen LogP contribution in [0.5, 0.6) is 0 Å².